The first-order valence-electron chi connectivity index (χ1n) is 9.78. The fraction of sp³-hybridized carbons (Fsp3) is 0.261. The van der Waals surface area contributed by atoms with Crippen molar-refractivity contribution in [3.05, 3.63) is 52.0 Å². The van der Waals surface area contributed by atoms with Crippen molar-refractivity contribution in [1.29, 1.82) is 0 Å². The Bertz CT molecular complexity index is 1080. The summed E-state index contributed by atoms with van der Waals surface area (Å²) in [5, 5.41) is 6.76. The third-order valence-corrected chi connectivity index (χ3v) is 5.02. The molecule has 0 bridgehead atoms. The van der Waals surface area contributed by atoms with Gasteiger partial charge in [-0.3, -0.25) is 9.59 Å². The molecule has 0 fully saturated rings. The van der Waals surface area contributed by atoms with Gasteiger partial charge in [0.2, 0.25) is 6.79 Å². The Morgan fingerprint density at radius 1 is 1.25 bits per heavy atom. The van der Waals surface area contributed by atoms with Crippen molar-refractivity contribution in [1.82, 2.24) is 10.7 Å². The van der Waals surface area contributed by atoms with E-state index in [1.165, 1.54) is 6.21 Å². The van der Waals surface area contributed by atoms with E-state index in [0.717, 1.165) is 4.47 Å². The minimum atomic E-state index is -0.801. The van der Waals surface area contributed by atoms with Crippen molar-refractivity contribution in [2.45, 2.75) is 19.9 Å². The second kappa shape index (κ2) is 10.7. The molecule has 1 aliphatic heterocycles. The highest BCUT2D eigenvalue weighted by Crippen LogP contribution is 2.32. The summed E-state index contributed by atoms with van der Waals surface area (Å²) in [6.07, 6.45) is 6.69. The molecule has 1 heterocycles. The monoisotopic (exact) mass is 499 g/mol. The van der Waals surface area contributed by atoms with E-state index in [0.29, 0.717) is 28.4 Å². The van der Waals surface area contributed by atoms with Gasteiger partial charge >= 0.3 is 0 Å². The van der Waals surface area contributed by atoms with Gasteiger partial charge in [0.15, 0.2) is 11.5 Å². The van der Waals surface area contributed by atoms with Gasteiger partial charge in [0.1, 0.15) is 18.4 Å². The molecule has 0 aliphatic carbocycles. The van der Waals surface area contributed by atoms with E-state index in [9.17, 15) is 9.59 Å². The second-order valence-electron chi connectivity index (χ2n) is 7.17. The number of rotatable bonds is 8. The molecule has 2 aromatic carbocycles. The molecule has 0 radical (unpaired) electrons. The van der Waals surface area contributed by atoms with Gasteiger partial charge in [0, 0.05) is 15.6 Å². The van der Waals surface area contributed by atoms with Crippen LogP contribution in [-0.2, 0) is 4.79 Å². The maximum Gasteiger partial charge on any atom is 0.262 e. The van der Waals surface area contributed by atoms with Gasteiger partial charge < -0.3 is 19.5 Å². The lowest BCUT2D eigenvalue weighted by Gasteiger charge is -2.20. The molecule has 32 heavy (non-hydrogen) atoms. The highest BCUT2D eigenvalue weighted by molar-refractivity contribution is 9.10. The van der Waals surface area contributed by atoms with Crippen LogP contribution in [0, 0.1) is 18.3 Å². The summed E-state index contributed by atoms with van der Waals surface area (Å²) in [4.78, 5) is 25.4. The summed E-state index contributed by atoms with van der Waals surface area (Å²) in [5.41, 5.74) is 3.46. The third kappa shape index (κ3) is 5.80. The maximum atomic E-state index is 12.7. The van der Waals surface area contributed by atoms with Crippen LogP contribution in [0.4, 0.5) is 0 Å². The van der Waals surface area contributed by atoms with Gasteiger partial charge in [-0.2, -0.15) is 5.10 Å². The van der Waals surface area contributed by atoms with Crippen LogP contribution in [-0.4, -0.2) is 37.5 Å². The van der Waals surface area contributed by atoms with Gasteiger partial charge in [0.05, 0.1) is 6.21 Å². The van der Waals surface area contributed by atoms with E-state index in [2.05, 4.69) is 37.7 Å². The van der Waals surface area contributed by atoms with Crippen LogP contribution in [0.3, 0.4) is 0 Å². The number of nitrogens with one attached hydrogen (secondary N) is 2. The molecule has 2 N–H and O–H groups in total. The van der Waals surface area contributed by atoms with E-state index >= 15 is 0 Å². The topological polar surface area (TPSA) is 98.2 Å². The number of hydrazone groups is 1. The summed E-state index contributed by atoms with van der Waals surface area (Å²) in [7, 11) is 0. The molecule has 8 nitrogen and oxygen atoms in total. The standard InChI is InChI=1S/C23H22BrN3O5/c1-4-9-30-18-8-6-17(24)10-16(18)12-25-27-23(29)21(14(2)3)26-22(28)15-5-7-19-20(11-15)32-13-31-19/h1,5-8,10-12,14,21H,9,13H2,2-3H3,(H,26,28)(H,27,29). The molecule has 0 saturated carbocycles. The smallest absolute Gasteiger partial charge is 0.262 e. The molecule has 1 aliphatic rings. The second-order valence-corrected chi connectivity index (χ2v) is 8.09. The van der Waals surface area contributed by atoms with E-state index < -0.39 is 17.9 Å². The Kier molecular flexibility index (Phi) is 7.73. The average Bonchev–Trinajstić information content (AvgIpc) is 3.24. The Morgan fingerprint density at radius 3 is 2.78 bits per heavy atom. The molecule has 3 rings (SSSR count). The van der Waals surface area contributed by atoms with E-state index in [4.69, 9.17) is 20.6 Å². The van der Waals surface area contributed by atoms with Crippen molar-refractivity contribution < 1.29 is 23.8 Å². The summed E-state index contributed by atoms with van der Waals surface area (Å²) >= 11 is 3.39. The lowest BCUT2D eigenvalue weighted by atomic mass is 10.0. The third-order valence-electron chi connectivity index (χ3n) is 4.53. The zero-order valence-electron chi connectivity index (χ0n) is 17.6. The Hall–Kier alpha value is -3.51. The van der Waals surface area contributed by atoms with E-state index in [-0.39, 0.29) is 19.3 Å². The first-order valence-corrected chi connectivity index (χ1v) is 10.6. The molecule has 0 spiro atoms. The number of nitrogens with zero attached hydrogens (tertiary/aromatic N) is 1. The normalized spacial score (nSPS) is 13.0. The minimum absolute atomic E-state index is 0.107. The Morgan fingerprint density at radius 2 is 2.03 bits per heavy atom. The Balaban J connectivity index is 1.66. The van der Waals surface area contributed by atoms with Crippen LogP contribution in [0.25, 0.3) is 0 Å². The average molecular weight is 500 g/mol. The number of hydrogen-bond donors (Lipinski definition) is 2. The van der Waals surface area contributed by atoms with Crippen LogP contribution in [0.15, 0.2) is 46.0 Å². The SMILES string of the molecule is C#CCOc1ccc(Br)cc1C=NNC(=O)C(NC(=O)c1ccc2c(c1)OCO2)C(C)C. The zero-order chi connectivity index (χ0) is 23.1. The van der Waals surface area contributed by atoms with Crippen LogP contribution >= 0.6 is 15.9 Å². The van der Waals surface area contributed by atoms with Crippen LogP contribution in [0.2, 0.25) is 0 Å². The summed E-state index contributed by atoms with van der Waals surface area (Å²) < 4.78 is 16.9. The molecular formula is C23H22BrN3O5. The van der Waals surface area contributed by atoms with Gasteiger partial charge in [0.25, 0.3) is 11.8 Å². The number of halogens is 1. The van der Waals surface area contributed by atoms with Gasteiger partial charge in [-0.05, 0) is 42.3 Å². The molecule has 1 unspecified atom stereocenters. The molecule has 0 saturated heterocycles. The van der Waals surface area contributed by atoms with Gasteiger partial charge in [-0.1, -0.05) is 35.7 Å². The number of amides is 2. The summed E-state index contributed by atoms with van der Waals surface area (Å²) in [6, 6.07) is 9.38. The first-order chi connectivity index (χ1) is 15.4. The minimum Gasteiger partial charge on any atom is -0.480 e. The highest BCUT2D eigenvalue weighted by Gasteiger charge is 2.25. The van der Waals surface area contributed by atoms with Crippen molar-refractivity contribution in [3.63, 3.8) is 0 Å². The van der Waals surface area contributed by atoms with E-state index in [1.807, 2.05) is 19.9 Å². The van der Waals surface area contributed by atoms with Crippen LogP contribution in [0.1, 0.15) is 29.8 Å². The lowest BCUT2D eigenvalue weighted by Crippen LogP contribution is -2.48. The molecule has 2 amide bonds. The highest BCUT2D eigenvalue weighted by atomic mass is 79.9. The van der Waals surface area contributed by atoms with Crippen LogP contribution < -0.4 is 25.0 Å². The number of hydrogen-bond acceptors (Lipinski definition) is 6. The fourth-order valence-electron chi connectivity index (χ4n) is 2.90. The molecule has 9 heteroatoms. The van der Waals surface area contributed by atoms with Gasteiger partial charge in [-0.15, -0.1) is 6.42 Å². The number of benzene rings is 2. The molecule has 166 valence electrons. The molecular weight excluding hydrogens is 478 g/mol. The van der Waals surface area contributed by atoms with Crippen LogP contribution in [0.5, 0.6) is 17.2 Å². The molecule has 1 atom stereocenters. The zero-order valence-corrected chi connectivity index (χ0v) is 19.1. The van der Waals surface area contributed by atoms with Gasteiger partial charge in [-0.25, -0.2) is 5.43 Å². The molecule has 2 aromatic rings. The Labute approximate surface area is 194 Å². The predicted molar refractivity (Wildman–Crippen MR) is 123 cm³/mol. The van der Waals surface area contributed by atoms with Crippen molar-refractivity contribution in [2.24, 2.45) is 11.0 Å². The summed E-state index contributed by atoms with van der Waals surface area (Å²) in [6.45, 7) is 3.88. The number of carbonyl (C=O) groups is 2. The predicted octanol–water partition coefficient (Wildman–Crippen LogP) is 3.09. The van der Waals surface area contributed by atoms with Crippen molar-refractivity contribution in [3.8, 4) is 29.6 Å². The van der Waals surface area contributed by atoms with Crippen molar-refractivity contribution in [2.75, 3.05) is 13.4 Å². The maximum absolute atomic E-state index is 12.7. The number of ether oxygens (including phenoxy) is 3. The number of fused-ring (bicyclic) bond motifs is 1. The number of carbonyl (C=O) groups excluding carboxylic acids is 2. The fourth-order valence-corrected chi connectivity index (χ4v) is 3.28. The quantitative estimate of drug-likeness (QED) is 0.330. The van der Waals surface area contributed by atoms with E-state index in [1.54, 1.807) is 30.3 Å². The summed E-state index contributed by atoms with van der Waals surface area (Å²) in [5.74, 6) is 2.96. The largest absolute Gasteiger partial charge is 0.480 e. The first kappa shape index (κ1) is 23.2. The number of terminal acetylenes is 1. The molecule has 0 aromatic heterocycles. The lowest BCUT2D eigenvalue weighted by molar-refractivity contribution is -0.123. The van der Waals surface area contributed by atoms with Crippen molar-refractivity contribution >= 4 is 34.0 Å².